The van der Waals surface area contributed by atoms with E-state index in [1.54, 1.807) is 24.3 Å². The Morgan fingerprint density at radius 3 is 2.18 bits per heavy atom. The third-order valence-corrected chi connectivity index (χ3v) is 2.26. The summed E-state index contributed by atoms with van der Waals surface area (Å²) < 4.78 is 5.17. The average Bonchev–Trinajstić information content (AvgIpc) is 2.67. The molecule has 0 saturated heterocycles. The zero-order valence-corrected chi connectivity index (χ0v) is 9.00. The molecule has 2 rings (SSSR count). The number of ether oxygens (including phenoxy) is 1. The number of imide groups is 1. The lowest BCUT2D eigenvalue weighted by atomic mass is 10.3. The van der Waals surface area contributed by atoms with Gasteiger partial charge in [0.15, 0.2) is 0 Å². The number of carbonyl (C=O) groups is 2. The summed E-state index contributed by atoms with van der Waals surface area (Å²) in [6, 6.07) is 6.53. The maximum atomic E-state index is 11.4. The molecule has 17 heavy (non-hydrogen) atoms. The van der Waals surface area contributed by atoms with Crippen molar-refractivity contribution >= 4 is 17.5 Å². The Bertz CT molecular complexity index is 446. The number of amides is 2. The number of benzene rings is 1. The number of hydrogen-bond acceptors (Lipinski definition) is 4. The topological polar surface area (TPSA) is 66.8 Å². The molecular weight excluding hydrogens is 222 g/mol. The van der Waals surface area contributed by atoms with Crippen molar-refractivity contribution in [3.8, 4) is 5.75 Å². The van der Waals surface area contributed by atoms with E-state index in [1.165, 1.54) is 12.2 Å². The van der Waals surface area contributed by atoms with E-state index in [0.717, 1.165) is 4.90 Å². The predicted molar refractivity (Wildman–Crippen MR) is 60.7 cm³/mol. The number of rotatable bonds is 4. The summed E-state index contributed by atoms with van der Waals surface area (Å²) in [5, 5.41) is 8.59. The molecule has 1 N–H and O–H groups in total. The summed E-state index contributed by atoms with van der Waals surface area (Å²) in [6.45, 7) is 0.150. The molecule has 1 aromatic rings. The first-order valence-electron chi connectivity index (χ1n) is 5.12. The molecule has 0 aliphatic carbocycles. The Morgan fingerprint density at radius 2 is 1.65 bits per heavy atom. The first-order chi connectivity index (χ1) is 8.22. The monoisotopic (exact) mass is 233 g/mol. The number of nitrogens with zero attached hydrogens (tertiary/aromatic N) is 1. The molecule has 0 bridgehead atoms. The summed E-state index contributed by atoms with van der Waals surface area (Å²) in [7, 11) is 0. The van der Waals surface area contributed by atoms with Gasteiger partial charge in [0, 0.05) is 12.2 Å². The molecule has 1 heterocycles. The smallest absolute Gasteiger partial charge is 0.258 e. The zero-order valence-electron chi connectivity index (χ0n) is 9.00. The highest BCUT2D eigenvalue weighted by Crippen LogP contribution is 2.22. The highest BCUT2D eigenvalue weighted by Gasteiger charge is 2.24. The molecule has 0 aromatic heterocycles. The number of anilines is 1. The number of carbonyl (C=O) groups excluding carboxylic acids is 2. The van der Waals surface area contributed by atoms with Crippen LogP contribution >= 0.6 is 0 Å². The van der Waals surface area contributed by atoms with E-state index in [-0.39, 0.29) is 25.0 Å². The molecule has 5 nitrogen and oxygen atoms in total. The molecule has 0 saturated carbocycles. The second kappa shape index (κ2) is 4.80. The van der Waals surface area contributed by atoms with Gasteiger partial charge in [0.2, 0.25) is 0 Å². The van der Waals surface area contributed by atoms with Gasteiger partial charge in [-0.1, -0.05) is 0 Å². The van der Waals surface area contributed by atoms with Crippen molar-refractivity contribution in [3.05, 3.63) is 36.4 Å². The van der Waals surface area contributed by atoms with Gasteiger partial charge in [-0.3, -0.25) is 9.59 Å². The van der Waals surface area contributed by atoms with E-state index < -0.39 is 0 Å². The van der Waals surface area contributed by atoms with Crippen LogP contribution in [0.5, 0.6) is 5.75 Å². The third kappa shape index (κ3) is 2.34. The van der Waals surface area contributed by atoms with Crippen LogP contribution in [0.1, 0.15) is 0 Å². The van der Waals surface area contributed by atoms with Gasteiger partial charge >= 0.3 is 0 Å². The van der Waals surface area contributed by atoms with Crippen molar-refractivity contribution in [1.29, 1.82) is 0 Å². The largest absolute Gasteiger partial charge is 0.491 e. The van der Waals surface area contributed by atoms with Gasteiger partial charge in [0.05, 0.1) is 12.3 Å². The SMILES string of the molecule is O=C1C=CC(=O)N1c1ccc(OCCO)cc1. The van der Waals surface area contributed by atoms with Crippen LogP contribution in [0.3, 0.4) is 0 Å². The Hall–Kier alpha value is -2.14. The fourth-order valence-electron chi connectivity index (χ4n) is 1.51. The van der Waals surface area contributed by atoms with E-state index in [1.807, 2.05) is 0 Å². The standard InChI is InChI=1S/C12H11NO4/c14-7-8-17-10-3-1-9(2-4-10)13-11(15)5-6-12(13)16/h1-6,14H,7-8H2. The minimum absolute atomic E-state index is 0.0607. The quantitative estimate of drug-likeness (QED) is 0.768. The number of aliphatic hydroxyl groups excluding tert-OH is 1. The minimum Gasteiger partial charge on any atom is -0.491 e. The number of hydrogen-bond donors (Lipinski definition) is 1. The van der Waals surface area contributed by atoms with Gasteiger partial charge in [-0.25, -0.2) is 4.90 Å². The molecular formula is C12H11NO4. The number of aliphatic hydroxyl groups is 1. The van der Waals surface area contributed by atoms with Crippen LogP contribution in [0.2, 0.25) is 0 Å². The van der Waals surface area contributed by atoms with E-state index in [2.05, 4.69) is 0 Å². The first-order valence-corrected chi connectivity index (χ1v) is 5.12. The van der Waals surface area contributed by atoms with Gasteiger partial charge in [-0.15, -0.1) is 0 Å². The Morgan fingerprint density at radius 1 is 1.06 bits per heavy atom. The molecule has 1 aliphatic heterocycles. The minimum atomic E-state index is -0.348. The molecule has 0 unspecified atom stereocenters. The fourth-order valence-corrected chi connectivity index (χ4v) is 1.51. The van der Waals surface area contributed by atoms with Gasteiger partial charge in [-0.2, -0.15) is 0 Å². The maximum absolute atomic E-state index is 11.4. The Labute approximate surface area is 97.9 Å². The van der Waals surface area contributed by atoms with E-state index in [0.29, 0.717) is 11.4 Å². The molecule has 0 fully saturated rings. The average molecular weight is 233 g/mol. The Kier molecular flexibility index (Phi) is 3.20. The van der Waals surface area contributed by atoms with Crippen LogP contribution in [0.15, 0.2) is 36.4 Å². The van der Waals surface area contributed by atoms with Crippen LogP contribution < -0.4 is 9.64 Å². The summed E-state index contributed by atoms with van der Waals surface area (Å²) in [6.07, 6.45) is 2.47. The normalized spacial score (nSPS) is 14.5. The summed E-state index contributed by atoms with van der Waals surface area (Å²) in [5.74, 6) is -0.118. The van der Waals surface area contributed by atoms with Crippen LogP contribution in [0, 0.1) is 0 Å². The highest BCUT2D eigenvalue weighted by molar-refractivity contribution is 6.28. The third-order valence-electron chi connectivity index (χ3n) is 2.26. The van der Waals surface area contributed by atoms with Crippen molar-refractivity contribution < 1.29 is 19.4 Å². The Balaban J connectivity index is 2.13. The van der Waals surface area contributed by atoms with E-state index in [4.69, 9.17) is 9.84 Å². The van der Waals surface area contributed by atoms with Crippen LogP contribution in [-0.4, -0.2) is 30.1 Å². The maximum Gasteiger partial charge on any atom is 0.258 e. The molecule has 5 heteroatoms. The van der Waals surface area contributed by atoms with E-state index in [9.17, 15) is 9.59 Å². The van der Waals surface area contributed by atoms with Crippen molar-refractivity contribution in [2.45, 2.75) is 0 Å². The van der Waals surface area contributed by atoms with E-state index >= 15 is 0 Å². The molecule has 0 radical (unpaired) electrons. The van der Waals surface area contributed by atoms with Crippen molar-refractivity contribution in [2.75, 3.05) is 18.1 Å². The van der Waals surface area contributed by atoms with Crippen molar-refractivity contribution in [1.82, 2.24) is 0 Å². The lowest BCUT2D eigenvalue weighted by molar-refractivity contribution is -0.119. The van der Waals surface area contributed by atoms with Crippen LogP contribution in [-0.2, 0) is 9.59 Å². The summed E-state index contributed by atoms with van der Waals surface area (Å²) in [5.41, 5.74) is 0.501. The lowest BCUT2D eigenvalue weighted by Gasteiger charge is -2.14. The molecule has 0 spiro atoms. The second-order valence-corrected chi connectivity index (χ2v) is 3.41. The predicted octanol–water partition coefficient (Wildman–Crippen LogP) is 0.487. The summed E-state index contributed by atoms with van der Waals surface area (Å²) >= 11 is 0. The van der Waals surface area contributed by atoms with Gasteiger partial charge < -0.3 is 9.84 Å². The van der Waals surface area contributed by atoms with Gasteiger partial charge in [0.25, 0.3) is 11.8 Å². The first kappa shape index (κ1) is 11.3. The fraction of sp³-hybridized carbons (Fsp3) is 0.167. The van der Waals surface area contributed by atoms with Crippen LogP contribution in [0.4, 0.5) is 5.69 Å². The van der Waals surface area contributed by atoms with Crippen LogP contribution in [0.25, 0.3) is 0 Å². The molecule has 0 atom stereocenters. The molecule has 1 aromatic carbocycles. The highest BCUT2D eigenvalue weighted by atomic mass is 16.5. The summed E-state index contributed by atoms with van der Waals surface area (Å²) in [4.78, 5) is 23.9. The van der Waals surface area contributed by atoms with Gasteiger partial charge in [0.1, 0.15) is 12.4 Å². The zero-order chi connectivity index (χ0) is 12.3. The van der Waals surface area contributed by atoms with Crippen molar-refractivity contribution in [3.63, 3.8) is 0 Å². The molecule has 1 aliphatic rings. The second-order valence-electron chi connectivity index (χ2n) is 3.41. The van der Waals surface area contributed by atoms with Crippen molar-refractivity contribution in [2.24, 2.45) is 0 Å². The lowest BCUT2D eigenvalue weighted by Crippen LogP contribution is -2.29. The van der Waals surface area contributed by atoms with Gasteiger partial charge in [-0.05, 0) is 24.3 Å². The molecule has 88 valence electrons. The molecule has 2 amide bonds.